The third-order valence-corrected chi connectivity index (χ3v) is 7.86. The first-order chi connectivity index (χ1) is 16.3. The second-order valence-electron chi connectivity index (χ2n) is 8.78. The number of fused-ring (bicyclic) bond motifs is 1. The van der Waals surface area contributed by atoms with E-state index in [1.807, 2.05) is 30.3 Å². The fourth-order valence-electron chi connectivity index (χ4n) is 4.24. The maximum absolute atomic E-state index is 13.4. The van der Waals surface area contributed by atoms with Gasteiger partial charge in [0.2, 0.25) is 15.9 Å². The zero-order chi connectivity index (χ0) is 24.1. The molecule has 2 atom stereocenters. The molecule has 1 aliphatic rings. The molecule has 0 saturated heterocycles. The summed E-state index contributed by atoms with van der Waals surface area (Å²) >= 11 is 0. The topological polar surface area (TPSA) is 129 Å². The average Bonchev–Trinajstić information content (AvgIpc) is 2.80. The molecule has 3 aromatic rings. The Morgan fingerprint density at radius 3 is 2.53 bits per heavy atom. The van der Waals surface area contributed by atoms with Gasteiger partial charge in [-0.2, -0.15) is 4.72 Å². The highest BCUT2D eigenvalue weighted by Crippen LogP contribution is 2.30. The van der Waals surface area contributed by atoms with Crippen LogP contribution in [0.5, 0.6) is 0 Å². The number of rotatable bonds is 10. The Labute approximate surface area is 199 Å². The van der Waals surface area contributed by atoms with E-state index < -0.39 is 35.0 Å². The summed E-state index contributed by atoms with van der Waals surface area (Å²) in [6, 6.07) is 14.4. The van der Waals surface area contributed by atoms with Crippen LogP contribution in [0, 0.1) is 5.92 Å². The first-order valence-electron chi connectivity index (χ1n) is 11.4. The highest BCUT2D eigenvalue weighted by molar-refractivity contribution is 7.89. The van der Waals surface area contributed by atoms with Gasteiger partial charge in [0, 0.05) is 23.2 Å². The minimum Gasteiger partial charge on any atom is -0.426 e. The summed E-state index contributed by atoms with van der Waals surface area (Å²) in [5, 5.41) is 23.5. The van der Waals surface area contributed by atoms with E-state index >= 15 is 0 Å². The van der Waals surface area contributed by atoms with Gasteiger partial charge in [-0.05, 0) is 36.5 Å². The van der Waals surface area contributed by atoms with Gasteiger partial charge in [-0.1, -0.05) is 61.7 Å². The minimum absolute atomic E-state index is 0.0477. The fraction of sp³-hybridized carbons (Fsp3) is 0.333. The molecule has 178 valence electrons. The Morgan fingerprint density at radius 2 is 1.85 bits per heavy atom. The Balaban J connectivity index is 1.60. The number of pyridine rings is 1. The molecule has 1 saturated carbocycles. The SMILES string of the molecule is O=C(NC(CC1CCC1)B(O)O)C(Cc1ccccc1)NS(=O)(=O)c1cccc2cnccc12. The van der Waals surface area contributed by atoms with Crippen molar-refractivity contribution in [3.8, 4) is 0 Å². The molecule has 2 unspecified atom stereocenters. The maximum Gasteiger partial charge on any atom is 0.475 e. The van der Waals surface area contributed by atoms with Gasteiger partial charge in [0.05, 0.1) is 10.8 Å². The standard InChI is InChI=1S/C24H28BN3O5S/c29-24(27-23(25(30)31)15-18-8-4-9-18)21(14-17-6-2-1-3-7-17)28-34(32,33)22-11-5-10-19-16-26-13-12-20(19)22/h1-3,5-7,10-13,16,18,21,23,28,30-31H,4,8-9,14-15H2,(H,27,29). The molecular formula is C24H28BN3O5S. The van der Waals surface area contributed by atoms with Crippen molar-refractivity contribution in [1.29, 1.82) is 0 Å². The summed E-state index contributed by atoms with van der Waals surface area (Å²) < 4.78 is 29.3. The lowest BCUT2D eigenvalue weighted by Gasteiger charge is -2.30. The highest BCUT2D eigenvalue weighted by Gasteiger charge is 2.34. The van der Waals surface area contributed by atoms with Gasteiger partial charge in [0.1, 0.15) is 6.04 Å². The Bertz CT molecular complexity index is 1230. The number of nitrogens with zero attached hydrogens (tertiary/aromatic N) is 1. The molecule has 1 aromatic heterocycles. The van der Waals surface area contributed by atoms with E-state index in [1.54, 1.807) is 24.4 Å². The van der Waals surface area contributed by atoms with E-state index in [-0.39, 0.29) is 11.3 Å². The Hall–Kier alpha value is -2.79. The van der Waals surface area contributed by atoms with Crippen LogP contribution in [0.25, 0.3) is 10.8 Å². The summed E-state index contributed by atoms with van der Waals surface area (Å²) in [5.74, 6) is -1.16. The molecule has 10 heteroatoms. The number of hydrogen-bond donors (Lipinski definition) is 4. The number of aromatic nitrogens is 1. The van der Waals surface area contributed by atoms with Gasteiger partial charge in [-0.25, -0.2) is 8.42 Å². The van der Waals surface area contributed by atoms with Crippen LogP contribution in [0.3, 0.4) is 0 Å². The summed E-state index contributed by atoms with van der Waals surface area (Å²) in [4.78, 5) is 17.3. The number of amides is 1. The summed E-state index contributed by atoms with van der Waals surface area (Å²) in [5.41, 5.74) is 0.771. The number of benzene rings is 2. The highest BCUT2D eigenvalue weighted by atomic mass is 32.2. The van der Waals surface area contributed by atoms with E-state index in [0.29, 0.717) is 23.1 Å². The van der Waals surface area contributed by atoms with Crippen molar-refractivity contribution in [2.75, 3.05) is 0 Å². The monoisotopic (exact) mass is 481 g/mol. The molecule has 1 amide bonds. The zero-order valence-electron chi connectivity index (χ0n) is 18.7. The molecule has 0 aliphatic heterocycles. The minimum atomic E-state index is -4.09. The molecule has 4 rings (SSSR count). The van der Waals surface area contributed by atoms with Crippen molar-refractivity contribution in [1.82, 2.24) is 15.0 Å². The molecule has 8 nitrogen and oxygen atoms in total. The van der Waals surface area contributed by atoms with E-state index in [0.717, 1.165) is 24.8 Å². The van der Waals surface area contributed by atoms with Crippen molar-refractivity contribution in [2.45, 2.75) is 49.0 Å². The van der Waals surface area contributed by atoms with Crippen LogP contribution in [-0.4, -0.2) is 48.5 Å². The Morgan fingerprint density at radius 1 is 1.09 bits per heavy atom. The van der Waals surface area contributed by atoms with Gasteiger partial charge < -0.3 is 15.4 Å². The first-order valence-corrected chi connectivity index (χ1v) is 12.9. The Kier molecular flexibility index (Phi) is 7.62. The summed E-state index contributed by atoms with van der Waals surface area (Å²) in [6.07, 6.45) is 6.69. The molecule has 2 aromatic carbocycles. The average molecular weight is 481 g/mol. The molecule has 0 spiro atoms. The van der Waals surface area contributed by atoms with Crippen LogP contribution in [0.15, 0.2) is 71.9 Å². The second kappa shape index (κ2) is 10.6. The van der Waals surface area contributed by atoms with Gasteiger partial charge in [-0.15, -0.1) is 0 Å². The number of carbonyl (C=O) groups is 1. The molecule has 34 heavy (non-hydrogen) atoms. The smallest absolute Gasteiger partial charge is 0.426 e. The third kappa shape index (κ3) is 5.82. The van der Waals surface area contributed by atoms with E-state index in [4.69, 9.17) is 0 Å². The fourth-order valence-corrected chi connectivity index (χ4v) is 5.67. The van der Waals surface area contributed by atoms with Crippen LogP contribution >= 0.6 is 0 Å². The van der Waals surface area contributed by atoms with Crippen molar-refractivity contribution < 1.29 is 23.3 Å². The molecule has 0 bridgehead atoms. The molecule has 4 N–H and O–H groups in total. The summed E-state index contributed by atoms with van der Waals surface area (Å²) in [7, 11) is -5.82. The second-order valence-corrected chi connectivity index (χ2v) is 10.5. The van der Waals surface area contributed by atoms with Gasteiger partial charge in [0.25, 0.3) is 0 Å². The predicted molar refractivity (Wildman–Crippen MR) is 130 cm³/mol. The van der Waals surface area contributed by atoms with Crippen LogP contribution in [0.2, 0.25) is 0 Å². The molecule has 1 aliphatic carbocycles. The number of carbonyl (C=O) groups excluding carboxylic acids is 1. The quantitative estimate of drug-likeness (QED) is 0.327. The maximum atomic E-state index is 13.4. The third-order valence-electron chi connectivity index (χ3n) is 6.33. The molecule has 1 fully saturated rings. The largest absolute Gasteiger partial charge is 0.475 e. The van der Waals surface area contributed by atoms with Crippen molar-refractivity contribution in [2.24, 2.45) is 5.92 Å². The van der Waals surface area contributed by atoms with E-state index in [9.17, 15) is 23.3 Å². The number of sulfonamides is 1. The summed E-state index contributed by atoms with van der Waals surface area (Å²) in [6.45, 7) is 0. The van der Waals surface area contributed by atoms with Crippen LogP contribution in [0.1, 0.15) is 31.2 Å². The van der Waals surface area contributed by atoms with Crippen LogP contribution in [-0.2, 0) is 21.2 Å². The molecular weight excluding hydrogens is 453 g/mol. The van der Waals surface area contributed by atoms with E-state index in [1.165, 1.54) is 12.3 Å². The number of nitrogens with one attached hydrogen (secondary N) is 2. The van der Waals surface area contributed by atoms with E-state index in [2.05, 4.69) is 15.0 Å². The van der Waals surface area contributed by atoms with Crippen LogP contribution in [0.4, 0.5) is 0 Å². The lowest BCUT2D eigenvalue weighted by Crippen LogP contribution is -2.55. The normalized spacial score (nSPS) is 15.9. The van der Waals surface area contributed by atoms with Gasteiger partial charge in [0.15, 0.2) is 0 Å². The first kappa shape index (κ1) is 24.3. The lowest BCUT2D eigenvalue weighted by molar-refractivity contribution is -0.123. The van der Waals surface area contributed by atoms with Crippen molar-refractivity contribution >= 4 is 33.8 Å². The lowest BCUT2D eigenvalue weighted by atomic mass is 9.69. The van der Waals surface area contributed by atoms with Gasteiger partial charge in [-0.3, -0.25) is 9.78 Å². The van der Waals surface area contributed by atoms with Crippen LogP contribution < -0.4 is 10.0 Å². The zero-order valence-corrected chi connectivity index (χ0v) is 19.5. The molecule has 1 heterocycles. The molecule has 0 radical (unpaired) electrons. The predicted octanol–water partition coefficient (Wildman–Crippen LogP) is 1.81. The number of hydrogen-bond acceptors (Lipinski definition) is 6. The van der Waals surface area contributed by atoms with Crippen molar-refractivity contribution in [3.05, 3.63) is 72.6 Å². The van der Waals surface area contributed by atoms with Gasteiger partial charge >= 0.3 is 7.12 Å². The van der Waals surface area contributed by atoms with Crippen molar-refractivity contribution in [3.63, 3.8) is 0 Å².